The van der Waals surface area contributed by atoms with E-state index in [4.69, 9.17) is 0 Å². The molecule has 0 radical (unpaired) electrons. The molecule has 0 amide bonds. The van der Waals surface area contributed by atoms with Crippen molar-refractivity contribution in [2.24, 2.45) is 5.41 Å². The third-order valence-corrected chi connectivity index (χ3v) is 5.99. The smallest absolute Gasteiger partial charge is 0.183 e. The van der Waals surface area contributed by atoms with Crippen LogP contribution in [0.15, 0.2) is 71.0 Å². The van der Waals surface area contributed by atoms with E-state index in [1.165, 1.54) is 18.2 Å². The summed E-state index contributed by atoms with van der Waals surface area (Å²) in [6.45, 7) is 10.5. The summed E-state index contributed by atoms with van der Waals surface area (Å²) >= 11 is 2.95. The molecule has 32 heavy (non-hydrogen) atoms. The lowest BCUT2D eigenvalue weighted by atomic mass is 9.77. The molecule has 170 valence electrons. The van der Waals surface area contributed by atoms with Gasteiger partial charge in [0.25, 0.3) is 0 Å². The summed E-state index contributed by atoms with van der Waals surface area (Å²) in [5.41, 5.74) is 6.84. The Labute approximate surface area is 193 Å². The first-order chi connectivity index (χ1) is 15.1. The van der Waals surface area contributed by atoms with Crippen molar-refractivity contribution in [3.8, 4) is 0 Å². The quantitative estimate of drug-likeness (QED) is 0.317. The average Bonchev–Trinajstić information content (AvgIpc) is 2.82. The van der Waals surface area contributed by atoms with Gasteiger partial charge in [0.05, 0.1) is 15.9 Å². The van der Waals surface area contributed by atoms with E-state index >= 15 is 0 Å². The molecule has 0 saturated carbocycles. The van der Waals surface area contributed by atoms with Crippen LogP contribution in [-0.2, 0) is 6.42 Å². The molecular weight excluding hydrogens is 486 g/mol. The minimum Gasteiger partial charge on any atom is -0.353 e. The van der Waals surface area contributed by atoms with E-state index in [9.17, 15) is 17.6 Å². The van der Waals surface area contributed by atoms with Gasteiger partial charge in [-0.15, -0.1) is 0 Å². The normalized spacial score (nSPS) is 19.3. The Hall–Kier alpha value is -2.58. The Kier molecular flexibility index (Phi) is 7.46. The molecule has 1 aliphatic rings. The summed E-state index contributed by atoms with van der Waals surface area (Å²) in [6.07, 6.45) is 3.51. The molecule has 0 bridgehead atoms. The summed E-state index contributed by atoms with van der Waals surface area (Å²) < 4.78 is 56.5. The molecule has 2 aromatic carbocycles. The maximum Gasteiger partial charge on any atom is 0.183 e. The standard InChI is InChI=1S/C24H24BrF4N3/c1-14(31-20-9-8-18(25)22(28)23(20)29)17-13-24(3,10-5-11-30-32-15(17)2)12-16-6-4-7-19(26)21(16)27/h4,6-9,13,30-32H,1-2,5,10-12H2,3H3. The Bertz CT molecular complexity index is 1080. The Morgan fingerprint density at radius 1 is 1.12 bits per heavy atom. The summed E-state index contributed by atoms with van der Waals surface area (Å²) in [4.78, 5) is 0. The zero-order chi connectivity index (χ0) is 23.5. The van der Waals surface area contributed by atoms with Crippen LogP contribution >= 0.6 is 15.9 Å². The number of hydrogen-bond donors (Lipinski definition) is 3. The zero-order valence-corrected chi connectivity index (χ0v) is 19.2. The first kappa shape index (κ1) is 24.1. The Morgan fingerprint density at radius 2 is 1.88 bits per heavy atom. The summed E-state index contributed by atoms with van der Waals surface area (Å²) in [5.74, 6) is -3.84. The van der Waals surface area contributed by atoms with Gasteiger partial charge >= 0.3 is 0 Å². The highest BCUT2D eigenvalue weighted by Gasteiger charge is 2.27. The fourth-order valence-electron chi connectivity index (χ4n) is 3.71. The van der Waals surface area contributed by atoms with Crippen molar-refractivity contribution in [3.63, 3.8) is 0 Å². The topological polar surface area (TPSA) is 36.1 Å². The van der Waals surface area contributed by atoms with Crippen LogP contribution in [0.3, 0.4) is 0 Å². The van der Waals surface area contributed by atoms with Gasteiger partial charge in [0, 0.05) is 17.8 Å². The Morgan fingerprint density at radius 3 is 2.62 bits per heavy atom. The van der Waals surface area contributed by atoms with Crippen molar-refractivity contribution in [3.05, 3.63) is 99.8 Å². The number of rotatable bonds is 5. The van der Waals surface area contributed by atoms with Crippen LogP contribution < -0.4 is 16.2 Å². The Balaban J connectivity index is 1.97. The maximum absolute atomic E-state index is 14.4. The van der Waals surface area contributed by atoms with Gasteiger partial charge in [0.2, 0.25) is 0 Å². The molecule has 3 N–H and O–H groups in total. The first-order valence-electron chi connectivity index (χ1n) is 10.0. The van der Waals surface area contributed by atoms with Crippen LogP contribution in [0.25, 0.3) is 0 Å². The summed E-state index contributed by atoms with van der Waals surface area (Å²) in [6, 6.07) is 6.89. The molecule has 3 rings (SSSR count). The summed E-state index contributed by atoms with van der Waals surface area (Å²) in [5, 5.41) is 2.81. The average molecular weight is 510 g/mol. The van der Waals surface area contributed by atoms with E-state index in [-0.39, 0.29) is 27.8 Å². The molecule has 2 aromatic rings. The van der Waals surface area contributed by atoms with Crippen molar-refractivity contribution in [2.75, 3.05) is 11.9 Å². The highest BCUT2D eigenvalue weighted by Crippen LogP contribution is 2.36. The van der Waals surface area contributed by atoms with Gasteiger partial charge in [-0.1, -0.05) is 38.3 Å². The SMILES string of the molecule is C=C1NNCCCC(C)(Cc2cccc(F)c2F)C=C1C(=C)Nc1ccc(Br)c(F)c1F. The van der Waals surface area contributed by atoms with Crippen LogP contribution in [0.5, 0.6) is 0 Å². The number of allylic oxidation sites excluding steroid dienone is 1. The van der Waals surface area contributed by atoms with Crippen LogP contribution in [-0.4, -0.2) is 6.54 Å². The highest BCUT2D eigenvalue weighted by molar-refractivity contribution is 9.10. The zero-order valence-electron chi connectivity index (χ0n) is 17.6. The number of nitrogens with one attached hydrogen (secondary N) is 3. The molecule has 1 atom stereocenters. The van der Waals surface area contributed by atoms with E-state index in [0.29, 0.717) is 24.2 Å². The highest BCUT2D eigenvalue weighted by atomic mass is 79.9. The molecule has 1 heterocycles. The molecule has 0 spiro atoms. The van der Waals surface area contributed by atoms with Crippen LogP contribution in [0.2, 0.25) is 0 Å². The second-order valence-corrected chi connectivity index (χ2v) is 8.92. The van der Waals surface area contributed by atoms with Gasteiger partial charge in [-0.3, -0.25) is 0 Å². The molecule has 1 aliphatic heterocycles. The lowest BCUT2D eigenvalue weighted by molar-refractivity contribution is 0.362. The van der Waals surface area contributed by atoms with E-state index in [2.05, 4.69) is 45.3 Å². The fraction of sp³-hybridized carbons (Fsp3) is 0.250. The van der Waals surface area contributed by atoms with Gasteiger partial charge in [0.15, 0.2) is 23.3 Å². The third-order valence-electron chi connectivity index (χ3n) is 5.38. The van der Waals surface area contributed by atoms with Crippen molar-refractivity contribution in [1.29, 1.82) is 0 Å². The van der Waals surface area contributed by atoms with Crippen LogP contribution in [0, 0.1) is 28.7 Å². The van der Waals surface area contributed by atoms with Crippen LogP contribution in [0.4, 0.5) is 23.2 Å². The van der Waals surface area contributed by atoms with E-state index in [1.807, 2.05) is 13.0 Å². The molecule has 8 heteroatoms. The number of hydrazine groups is 1. The number of benzene rings is 2. The predicted molar refractivity (Wildman–Crippen MR) is 123 cm³/mol. The lowest BCUT2D eigenvalue weighted by Crippen LogP contribution is -2.32. The van der Waals surface area contributed by atoms with Crippen molar-refractivity contribution < 1.29 is 17.6 Å². The van der Waals surface area contributed by atoms with Gasteiger partial charge in [-0.25, -0.2) is 23.0 Å². The minimum atomic E-state index is -1.05. The second-order valence-electron chi connectivity index (χ2n) is 8.06. The number of halogens is 5. The first-order valence-corrected chi connectivity index (χ1v) is 10.8. The molecule has 0 aromatic heterocycles. The molecule has 0 saturated heterocycles. The van der Waals surface area contributed by atoms with E-state index < -0.39 is 28.7 Å². The predicted octanol–water partition coefficient (Wildman–Crippen LogP) is 6.51. The molecular formula is C24H24BrF4N3. The van der Waals surface area contributed by atoms with Crippen molar-refractivity contribution >= 4 is 21.6 Å². The maximum atomic E-state index is 14.4. The number of hydrogen-bond acceptors (Lipinski definition) is 3. The third kappa shape index (κ3) is 5.42. The summed E-state index contributed by atoms with van der Waals surface area (Å²) in [7, 11) is 0. The molecule has 0 aliphatic carbocycles. The molecule has 0 fully saturated rings. The van der Waals surface area contributed by atoms with Crippen molar-refractivity contribution in [2.45, 2.75) is 26.2 Å². The van der Waals surface area contributed by atoms with Gasteiger partial charge in [0.1, 0.15) is 0 Å². The largest absolute Gasteiger partial charge is 0.353 e. The van der Waals surface area contributed by atoms with E-state index in [0.717, 1.165) is 12.5 Å². The fourth-order valence-corrected chi connectivity index (χ4v) is 4.01. The monoisotopic (exact) mass is 509 g/mol. The van der Waals surface area contributed by atoms with Crippen LogP contribution in [0.1, 0.15) is 25.3 Å². The molecule has 3 nitrogen and oxygen atoms in total. The number of anilines is 1. The van der Waals surface area contributed by atoms with Gasteiger partial charge in [-0.2, -0.15) is 0 Å². The van der Waals surface area contributed by atoms with Gasteiger partial charge in [-0.05, 0) is 64.4 Å². The van der Waals surface area contributed by atoms with Gasteiger partial charge < -0.3 is 10.7 Å². The lowest BCUT2D eigenvalue weighted by Gasteiger charge is -2.28. The second kappa shape index (κ2) is 9.92. The van der Waals surface area contributed by atoms with Crippen molar-refractivity contribution in [1.82, 2.24) is 10.9 Å². The van der Waals surface area contributed by atoms with E-state index in [1.54, 1.807) is 6.07 Å². The molecule has 1 unspecified atom stereocenters. The minimum absolute atomic E-state index is 0.00721.